The molecule has 127 heavy (non-hydrogen) atoms. The molecular formula is C121H122N4O2. The molecule has 0 fully saturated rings. The first-order valence-corrected chi connectivity index (χ1v) is 48.5. The lowest BCUT2D eigenvalue weighted by molar-refractivity contribution is 0.398. The molecule has 0 radical (unpaired) electrons. The highest BCUT2D eigenvalue weighted by Gasteiger charge is 2.44. The van der Waals surface area contributed by atoms with Crippen molar-refractivity contribution in [2.45, 2.75) is 264 Å². The fourth-order valence-corrected chi connectivity index (χ4v) is 20.7. The highest BCUT2D eigenvalue weighted by molar-refractivity contribution is 6.33. The van der Waals surface area contributed by atoms with Gasteiger partial charge in [0.15, 0.2) is 0 Å². The Morgan fingerprint density at radius 1 is 0.244 bits per heavy atom. The van der Waals surface area contributed by atoms with Gasteiger partial charge in [0.1, 0.15) is 0 Å². The second-order valence-corrected chi connectivity index (χ2v) is 36.4. The third kappa shape index (κ3) is 19.5. The number of rotatable bonds is 37. The minimum Gasteiger partial charge on any atom is -0.416 e. The molecule has 2 aromatic heterocycles. The quantitative estimate of drug-likeness (QED) is 0.0167. The summed E-state index contributed by atoms with van der Waals surface area (Å²) in [7, 11) is 0. The minimum atomic E-state index is -0.0819. The lowest BCUT2D eigenvalue weighted by atomic mass is 9.70. The highest BCUT2D eigenvalue weighted by Crippen LogP contribution is 2.57. The molecule has 17 rings (SSSR count). The van der Waals surface area contributed by atoms with Crippen molar-refractivity contribution in [1.29, 1.82) is 0 Å². The van der Waals surface area contributed by atoms with Crippen molar-refractivity contribution >= 4 is 43.1 Å². The Kier molecular flexibility index (Phi) is 28.3. The largest absolute Gasteiger partial charge is 0.416 e. The summed E-state index contributed by atoms with van der Waals surface area (Å²) in [5.74, 6) is 30.6. The first-order valence-electron chi connectivity index (χ1n) is 48.5. The van der Waals surface area contributed by atoms with Crippen LogP contribution in [-0.4, -0.2) is 20.4 Å². The summed E-state index contributed by atoms with van der Waals surface area (Å²) in [6, 6.07) is 84.1. The molecular weight excluding hydrogens is 1540 g/mol. The van der Waals surface area contributed by atoms with E-state index in [0.717, 1.165) is 110 Å². The first kappa shape index (κ1) is 86.8. The van der Waals surface area contributed by atoms with Crippen molar-refractivity contribution in [1.82, 2.24) is 20.4 Å². The Morgan fingerprint density at radius 2 is 0.567 bits per heavy atom. The summed E-state index contributed by atoms with van der Waals surface area (Å²) < 4.78 is 13.8. The van der Waals surface area contributed by atoms with Gasteiger partial charge in [-0.15, -0.1) is 20.4 Å². The normalized spacial score (nSPS) is 12.6. The molecule has 0 atom stereocenters. The number of fused-ring (bicyclic) bond motifs is 8. The standard InChI is InChI=1S/C121H122N4O2/c1-7-12-17-22-26-35-74-120(75-36-27-23-18-13-8-2)110-48-33-31-42-102(110)104-70-68-96(84-112(104)120)116-122-124-118(126-116)98-80-90(60-58-88-52-50-86(6)51-53-88)78-92(82-98)62-64-94-66-72-108-107-47-40-45-101-95(67-73-109(115(101)107)106-46-39-44-100(94)114(106)108)65-63-93-79-91(61-59-89-56-54-87(55-57-89)41-30-21-16-11-5)81-99(83-93)119-125-123-117(127-119)97-69-71-105-103-43-32-34-49-111(103)121(113(105)85-97,76-37-28-24-19-14-9-3)77-38-29-25-20-15-10-4/h31-34,39-40,42-57,66-73,78-85H,7-30,35-38,41,74-77H2,1-6H3. The second kappa shape index (κ2) is 41.4. The molecule has 0 unspecified atom stereocenters. The number of benzene rings is 13. The molecule has 6 nitrogen and oxygen atoms in total. The molecule has 2 aliphatic carbocycles. The van der Waals surface area contributed by atoms with Crippen molar-refractivity contribution in [2.75, 3.05) is 0 Å². The Bertz CT molecular complexity index is 6580. The predicted molar refractivity (Wildman–Crippen MR) is 532 cm³/mol. The van der Waals surface area contributed by atoms with E-state index in [1.54, 1.807) is 0 Å². The van der Waals surface area contributed by atoms with Crippen molar-refractivity contribution in [2.24, 2.45) is 0 Å². The van der Waals surface area contributed by atoms with E-state index in [-0.39, 0.29) is 10.8 Å². The maximum absolute atomic E-state index is 6.90. The van der Waals surface area contributed by atoms with Gasteiger partial charge in [0.05, 0.1) is 0 Å². The molecule has 0 saturated carbocycles. The van der Waals surface area contributed by atoms with Gasteiger partial charge in [-0.2, -0.15) is 0 Å². The molecule has 0 N–H and O–H groups in total. The topological polar surface area (TPSA) is 77.8 Å². The summed E-state index contributed by atoms with van der Waals surface area (Å²) in [5.41, 5.74) is 24.0. The number of unbranched alkanes of at least 4 members (excludes halogenated alkanes) is 23. The van der Waals surface area contributed by atoms with Crippen molar-refractivity contribution < 1.29 is 8.83 Å². The van der Waals surface area contributed by atoms with Crippen LogP contribution in [0.25, 0.3) is 111 Å². The molecule has 2 aliphatic rings. The molecule has 13 aromatic carbocycles. The molecule has 2 heterocycles. The Labute approximate surface area is 755 Å². The Balaban J connectivity index is 0.690. The van der Waals surface area contributed by atoms with Crippen LogP contribution >= 0.6 is 0 Å². The van der Waals surface area contributed by atoms with Crippen LogP contribution in [0.15, 0.2) is 239 Å². The summed E-state index contributed by atoms with van der Waals surface area (Å²) in [4.78, 5) is 0. The van der Waals surface area contributed by atoms with Crippen LogP contribution in [0.2, 0.25) is 0 Å². The van der Waals surface area contributed by atoms with Gasteiger partial charge < -0.3 is 8.83 Å². The van der Waals surface area contributed by atoms with Gasteiger partial charge in [-0.3, -0.25) is 0 Å². The number of aromatic nitrogens is 4. The highest BCUT2D eigenvalue weighted by atomic mass is 16.4. The molecule has 0 amide bonds. The van der Waals surface area contributed by atoms with E-state index in [9.17, 15) is 0 Å². The van der Waals surface area contributed by atoms with Crippen LogP contribution in [0, 0.1) is 54.3 Å². The van der Waals surface area contributed by atoms with Gasteiger partial charge in [0.2, 0.25) is 23.6 Å². The summed E-state index contributed by atoms with van der Waals surface area (Å²) in [6.45, 7) is 13.6. The number of hydrogen-bond acceptors (Lipinski definition) is 6. The lowest BCUT2D eigenvalue weighted by Gasteiger charge is -2.33. The number of hydrogen-bond donors (Lipinski definition) is 0. The number of nitrogens with zero attached hydrogens (tertiary/aromatic N) is 4. The van der Waals surface area contributed by atoms with E-state index >= 15 is 0 Å². The van der Waals surface area contributed by atoms with Gasteiger partial charge >= 0.3 is 0 Å². The average Bonchev–Trinajstić information content (AvgIpc) is 1.45. The average molecular weight is 1660 g/mol. The summed E-state index contributed by atoms with van der Waals surface area (Å²) in [6.07, 6.45) is 41.1. The van der Waals surface area contributed by atoms with Crippen molar-refractivity contribution in [3.63, 3.8) is 0 Å². The maximum atomic E-state index is 6.90. The summed E-state index contributed by atoms with van der Waals surface area (Å²) in [5, 5.41) is 28.6. The maximum Gasteiger partial charge on any atom is 0.248 e. The van der Waals surface area contributed by atoms with Gasteiger partial charge in [0, 0.05) is 77.6 Å². The van der Waals surface area contributed by atoms with Crippen LogP contribution in [-0.2, 0) is 17.3 Å². The van der Waals surface area contributed by atoms with Gasteiger partial charge in [-0.25, -0.2) is 0 Å². The van der Waals surface area contributed by atoms with Crippen LogP contribution < -0.4 is 0 Å². The molecule has 0 saturated heterocycles. The molecule has 6 heteroatoms. The third-order valence-electron chi connectivity index (χ3n) is 27.4. The van der Waals surface area contributed by atoms with Gasteiger partial charge in [-0.1, -0.05) is 394 Å². The van der Waals surface area contributed by atoms with Crippen LogP contribution in [0.1, 0.15) is 318 Å². The van der Waals surface area contributed by atoms with E-state index in [1.165, 1.54) is 268 Å². The molecule has 638 valence electrons. The van der Waals surface area contributed by atoms with Crippen LogP contribution in [0.5, 0.6) is 0 Å². The first-order chi connectivity index (χ1) is 62.6. The third-order valence-corrected chi connectivity index (χ3v) is 27.4. The zero-order valence-corrected chi connectivity index (χ0v) is 75.9. The van der Waals surface area contributed by atoms with Crippen molar-refractivity contribution in [3.8, 4) is 115 Å². The zero-order valence-electron chi connectivity index (χ0n) is 75.9. The molecule has 0 aliphatic heterocycles. The minimum absolute atomic E-state index is 0.0803. The van der Waals surface area contributed by atoms with E-state index < -0.39 is 0 Å². The Morgan fingerprint density at radius 3 is 0.969 bits per heavy atom. The fourth-order valence-electron chi connectivity index (χ4n) is 20.7. The van der Waals surface area contributed by atoms with E-state index in [0.29, 0.717) is 23.6 Å². The van der Waals surface area contributed by atoms with Crippen LogP contribution in [0.4, 0.5) is 0 Å². The molecule has 0 bridgehead atoms. The second-order valence-electron chi connectivity index (χ2n) is 36.4. The van der Waals surface area contributed by atoms with Crippen LogP contribution in [0.3, 0.4) is 0 Å². The lowest BCUT2D eigenvalue weighted by Crippen LogP contribution is -2.25. The van der Waals surface area contributed by atoms with E-state index in [2.05, 4.69) is 319 Å². The smallest absolute Gasteiger partial charge is 0.248 e. The SMILES string of the molecule is CCCCCCCCC1(CCCCCCCC)c2ccccc2-c2ccc(-c3nnc(-c4cc(C#Cc5ccc(C)cc5)cc(C#Cc5ccc6c7cccc8c(C#Cc9cc(C#Cc%10ccc(CCCCCC)cc%10)cc(-c%10nnc(-c%11ccc%12c(c%11)C(CCCCCCCC)(CCCCCCCC)c%11ccccc%11-%12)o%10)c9)ccc(c9cccc5c96)c87)c4)o3)cc21. The Hall–Kier alpha value is -12.3. The van der Waals surface area contributed by atoms with Gasteiger partial charge in [-0.05, 0) is 236 Å². The zero-order chi connectivity index (χ0) is 86.7. The van der Waals surface area contributed by atoms with Gasteiger partial charge in [0.25, 0.3) is 0 Å². The monoisotopic (exact) mass is 1660 g/mol. The predicted octanol–water partition coefficient (Wildman–Crippen LogP) is 32.7. The molecule has 0 spiro atoms. The van der Waals surface area contributed by atoms with E-state index in [4.69, 9.17) is 29.2 Å². The fraction of sp³-hybridized carbons (Fsp3) is 0.339. The van der Waals surface area contributed by atoms with Crippen molar-refractivity contribution in [3.05, 3.63) is 308 Å². The summed E-state index contributed by atoms with van der Waals surface area (Å²) >= 11 is 0. The number of aryl methyl sites for hydroxylation is 2. The molecule has 15 aromatic rings. The van der Waals surface area contributed by atoms with E-state index in [1.807, 2.05) is 0 Å².